The first-order chi connectivity index (χ1) is 10.9. The normalized spacial score (nSPS) is 12.7. The first-order valence-corrected chi connectivity index (χ1v) is 9.01. The number of Topliss-reactive ketones (excluding diaryl/α,β-unsaturated/α-hetero) is 1. The number of carbonyl (C=O) groups excluding carboxylic acids is 1. The molecule has 0 N–H and O–H groups in total. The van der Waals surface area contributed by atoms with Crippen molar-refractivity contribution in [2.24, 2.45) is 0 Å². The average Bonchev–Trinajstić information content (AvgIpc) is 2.54. The number of carbonyl (C=O) groups is 1. The summed E-state index contributed by atoms with van der Waals surface area (Å²) in [5, 5.41) is -0.723. The second kappa shape index (κ2) is 6.96. The van der Waals surface area contributed by atoms with E-state index in [0.717, 1.165) is 0 Å². The zero-order valence-corrected chi connectivity index (χ0v) is 14.3. The standard InChI is InChI=1S/C18H20O4S/c1-13(19)16-9-5-4-8-15(16)12-23(20,21)14(2)17-10-6-7-11-18(17)22-3/h4-11,14H,12H2,1-3H3. The Morgan fingerprint density at radius 1 is 1.09 bits per heavy atom. The zero-order valence-electron chi connectivity index (χ0n) is 13.4. The summed E-state index contributed by atoms with van der Waals surface area (Å²) < 4.78 is 30.8. The van der Waals surface area contributed by atoms with Crippen LogP contribution in [0.5, 0.6) is 5.75 Å². The number of benzene rings is 2. The molecule has 0 aromatic heterocycles. The second-order valence-electron chi connectivity index (χ2n) is 5.40. The molecule has 0 fully saturated rings. The lowest BCUT2D eigenvalue weighted by molar-refractivity contribution is 0.101. The zero-order chi connectivity index (χ0) is 17.0. The van der Waals surface area contributed by atoms with Gasteiger partial charge in [-0.1, -0.05) is 42.5 Å². The monoisotopic (exact) mass is 332 g/mol. The summed E-state index contributed by atoms with van der Waals surface area (Å²) in [6, 6.07) is 13.9. The summed E-state index contributed by atoms with van der Waals surface area (Å²) >= 11 is 0. The third kappa shape index (κ3) is 3.79. The van der Waals surface area contributed by atoms with Gasteiger partial charge in [0.05, 0.1) is 18.1 Å². The van der Waals surface area contributed by atoms with E-state index >= 15 is 0 Å². The molecule has 0 amide bonds. The van der Waals surface area contributed by atoms with Crippen LogP contribution in [0.3, 0.4) is 0 Å². The van der Waals surface area contributed by atoms with Crippen molar-refractivity contribution in [3.63, 3.8) is 0 Å². The molecule has 4 nitrogen and oxygen atoms in total. The number of hydrogen-bond acceptors (Lipinski definition) is 4. The van der Waals surface area contributed by atoms with Gasteiger partial charge in [0.15, 0.2) is 15.6 Å². The Balaban J connectivity index is 2.38. The van der Waals surface area contributed by atoms with Crippen LogP contribution in [-0.2, 0) is 15.6 Å². The minimum atomic E-state index is -3.49. The highest BCUT2D eigenvalue weighted by Crippen LogP contribution is 2.32. The Kier molecular flexibility index (Phi) is 5.21. The van der Waals surface area contributed by atoms with Crippen molar-refractivity contribution < 1.29 is 17.9 Å². The highest BCUT2D eigenvalue weighted by atomic mass is 32.2. The Bertz CT molecular complexity index is 809. The molecule has 0 radical (unpaired) electrons. The van der Waals surface area contributed by atoms with Gasteiger partial charge in [-0.3, -0.25) is 4.79 Å². The lowest BCUT2D eigenvalue weighted by Gasteiger charge is -2.17. The maximum Gasteiger partial charge on any atom is 0.161 e. The fourth-order valence-corrected chi connectivity index (χ4v) is 4.04. The Morgan fingerprint density at radius 3 is 2.35 bits per heavy atom. The molecule has 2 aromatic carbocycles. The van der Waals surface area contributed by atoms with Gasteiger partial charge in [0.1, 0.15) is 5.75 Å². The minimum absolute atomic E-state index is 0.138. The van der Waals surface area contributed by atoms with Gasteiger partial charge < -0.3 is 4.74 Å². The molecule has 2 aromatic rings. The lowest BCUT2D eigenvalue weighted by Crippen LogP contribution is -2.15. The molecule has 0 saturated heterocycles. The van der Waals surface area contributed by atoms with Gasteiger partial charge in [0.25, 0.3) is 0 Å². The van der Waals surface area contributed by atoms with Gasteiger partial charge in [-0.25, -0.2) is 8.42 Å². The molecule has 0 aliphatic heterocycles. The smallest absolute Gasteiger partial charge is 0.161 e. The van der Waals surface area contributed by atoms with Gasteiger partial charge in [-0.2, -0.15) is 0 Å². The molecule has 0 aliphatic carbocycles. The summed E-state index contributed by atoms with van der Waals surface area (Å²) in [7, 11) is -1.97. The van der Waals surface area contributed by atoms with E-state index in [1.54, 1.807) is 55.5 Å². The van der Waals surface area contributed by atoms with Crippen LogP contribution in [0.1, 0.15) is 40.6 Å². The molecule has 0 saturated carbocycles. The van der Waals surface area contributed by atoms with Gasteiger partial charge in [0.2, 0.25) is 0 Å². The van der Waals surface area contributed by atoms with E-state index in [9.17, 15) is 13.2 Å². The predicted octanol–water partition coefficient (Wildman–Crippen LogP) is 3.57. The third-order valence-electron chi connectivity index (χ3n) is 3.87. The van der Waals surface area contributed by atoms with E-state index in [1.165, 1.54) is 14.0 Å². The van der Waals surface area contributed by atoms with Gasteiger partial charge >= 0.3 is 0 Å². The molecule has 5 heteroatoms. The van der Waals surface area contributed by atoms with Crippen molar-refractivity contribution in [3.05, 3.63) is 65.2 Å². The Labute approximate surface area is 137 Å². The maximum absolute atomic E-state index is 12.8. The number of para-hydroxylation sites is 1. The van der Waals surface area contributed by atoms with Crippen LogP contribution in [0.2, 0.25) is 0 Å². The van der Waals surface area contributed by atoms with E-state index in [-0.39, 0.29) is 11.5 Å². The highest BCUT2D eigenvalue weighted by Gasteiger charge is 2.26. The van der Waals surface area contributed by atoms with Crippen molar-refractivity contribution in [2.45, 2.75) is 24.9 Å². The topological polar surface area (TPSA) is 60.4 Å². The van der Waals surface area contributed by atoms with Crippen LogP contribution in [0, 0.1) is 0 Å². The number of methoxy groups -OCH3 is 1. The molecule has 122 valence electrons. The fourth-order valence-electron chi connectivity index (χ4n) is 2.53. The minimum Gasteiger partial charge on any atom is -0.496 e. The molecule has 1 atom stereocenters. The SMILES string of the molecule is COc1ccccc1C(C)S(=O)(=O)Cc1ccccc1C(C)=O. The van der Waals surface area contributed by atoms with Crippen molar-refractivity contribution in [1.29, 1.82) is 0 Å². The van der Waals surface area contributed by atoms with Crippen molar-refractivity contribution in [2.75, 3.05) is 7.11 Å². The first-order valence-electron chi connectivity index (χ1n) is 7.30. The van der Waals surface area contributed by atoms with E-state index in [4.69, 9.17) is 4.74 Å². The van der Waals surface area contributed by atoms with E-state index < -0.39 is 15.1 Å². The molecule has 1 unspecified atom stereocenters. The molecule has 0 aliphatic rings. The molecule has 23 heavy (non-hydrogen) atoms. The van der Waals surface area contributed by atoms with Crippen LogP contribution < -0.4 is 4.74 Å². The predicted molar refractivity (Wildman–Crippen MR) is 90.5 cm³/mol. The molecule has 0 bridgehead atoms. The third-order valence-corrected chi connectivity index (χ3v) is 5.91. The van der Waals surface area contributed by atoms with Crippen LogP contribution in [0.25, 0.3) is 0 Å². The largest absolute Gasteiger partial charge is 0.496 e. The van der Waals surface area contributed by atoms with Crippen LogP contribution in [0.15, 0.2) is 48.5 Å². The second-order valence-corrected chi connectivity index (χ2v) is 7.73. The summed E-state index contributed by atoms with van der Waals surface area (Å²) in [5.74, 6) is 0.228. The summed E-state index contributed by atoms with van der Waals surface area (Å²) in [4.78, 5) is 11.7. The first kappa shape index (κ1) is 17.2. The quantitative estimate of drug-likeness (QED) is 0.759. The number of sulfone groups is 1. The molecular weight excluding hydrogens is 312 g/mol. The van der Waals surface area contributed by atoms with Crippen LogP contribution in [0.4, 0.5) is 0 Å². The van der Waals surface area contributed by atoms with Crippen molar-refractivity contribution in [3.8, 4) is 5.75 Å². The maximum atomic E-state index is 12.8. The van der Waals surface area contributed by atoms with Crippen molar-refractivity contribution in [1.82, 2.24) is 0 Å². The molecule has 0 spiro atoms. The van der Waals surface area contributed by atoms with Gasteiger partial charge in [0, 0.05) is 11.1 Å². The summed E-state index contributed by atoms with van der Waals surface area (Å²) in [6.45, 7) is 3.08. The number of ether oxygens (including phenoxy) is 1. The molecular formula is C18H20O4S. The summed E-state index contributed by atoms with van der Waals surface area (Å²) in [6.07, 6.45) is 0. The number of hydrogen-bond donors (Lipinski definition) is 0. The van der Waals surface area contributed by atoms with E-state index in [0.29, 0.717) is 22.4 Å². The highest BCUT2D eigenvalue weighted by molar-refractivity contribution is 7.90. The summed E-state index contributed by atoms with van der Waals surface area (Å²) in [5.41, 5.74) is 1.60. The molecule has 0 heterocycles. The Morgan fingerprint density at radius 2 is 1.70 bits per heavy atom. The Hall–Kier alpha value is -2.14. The number of ketones is 1. The van der Waals surface area contributed by atoms with E-state index in [1.807, 2.05) is 0 Å². The van der Waals surface area contributed by atoms with Crippen LogP contribution in [-0.4, -0.2) is 21.3 Å². The number of rotatable bonds is 6. The fraction of sp³-hybridized carbons (Fsp3) is 0.278. The van der Waals surface area contributed by atoms with Crippen LogP contribution >= 0.6 is 0 Å². The van der Waals surface area contributed by atoms with E-state index in [2.05, 4.69) is 0 Å². The average molecular weight is 332 g/mol. The van der Waals surface area contributed by atoms with Gasteiger partial charge in [-0.05, 0) is 25.5 Å². The lowest BCUT2D eigenvalue weighted by atomic mass is 10.1. The van der Waals surface area contributed by atoms with Crippen molar-refractivity contribution >= 4 is 15.6 Å². The molecule has 2 rings (SSSR count). The van der Waals surface area contributed by atoms with Gasteiger partial charge in [-0.15, -0.1) is 0 Å².